The lowest BCUT2D eigenvalue weighted by atomic mass is 10.1. The average Bonchev–Trinajstić information content (AvgIpc) is 2.33. The van der Waals surface area contributed by atoms with Crippen molar-refractivity contribution in [3.63, 3.8) is 0 Å². The maximum absolute atomic E-state index is 11.4. The monoisotopic (exact) mass is 253 g/mol. The number of carbonyl (C=O) groups is 3. The van der Waals surface area contributed by atoms with Gasteiger partial charge in [0.15, 0.2) is 5.78 Å². The first kappa shape index (κ1) is 14.4. The van der Waals surface area contributed by atoms with Crippen LogP contribution in [0.1, 0.15) is 45.4 Å². The fourth-order valence-electron chi connectivity index (χ4n) is 1.64. The molecule has 1 aliphatic rings. The number of hydrogen-bond donors (Lipinski definition) is 0. The third-order valence-corrected chi connectivity index (χ3v) is 2.65. The van der Waals surface area contributed by atoms with Gasteiger partial charge in [-0.2, -0.15) is 5.06 Å². The van der Waals surface area contributed by atoms with Crippen LogP contribution in [0.25, 0.3) is 0 Å². The van der Waals surface area contributed by atoms with E-state index in [0.29, 0.717) is 0 Å². The Labute approximate surface area is 107 Å². The van der Waals surface area contributed by atoms with Gasteiger partial charge in [0.2, 0.25) is 0 Å². The van der Waals surface area contributed by atoms with Gasteiger partial charge in [0, 0.05) is 12.5 Å². The molecule has 1 amide bonds. The Hall–Kier alpha value is -1.65. The summed E-state index contributed by atoms with van der Waals surface area (Å²) in [6.07, 6.45) is 7.75. The zero-order chi connectivity index (χ0) is 13.4. The lowest BCUT2D eigenvalue weighted by molar-refractivity contribution is -0.196. The van der Waals surface area contributed by atoms with E-state index in [2.05, 4.69) is 6.92 Å². The number of unbranched alkanes of at least 4 members (excludes halogenated alkanes) is 4. The molecule has 0 N–H and O–H groups in total. The molecule has 0 radical (unpaired) electrons. The second-order valence-corrected chi connectivity index (χ2v) is 4.30. The van der Waals surface area contributed by atoms with Crippen LogP contribution in [0.3, 0.4) is 0 Å². The molecule has 0 aromatic carbocycles. The molecule has 5 heteroatoms. The van der Waals surface area contributed by atoms with E-state index in [1.165, 1.54) is 12.5 Å². The summed E-state index contributed by atoms with van der Waals surface area (Å²) in [6.45, 7) is 1.94. The number of hydroxylamine groups is 2. The maximum Gasteiger partial charge on any atom is 0.332 e. The fraction of sp³-hybridized carbons (Fsp3) is 0.615. The van der Waals surface area contributed by atoms with Crippen LogP contribution in [-0.4, -0.2) is 29.3 Å². The van der Waals surface area contributed by atoms with Crippen molar-refractivity contribution in [1.29, 1.82) is 0 Å². The SMILES string of the molecule is CCCCCCCC(=O)ON1CC(=O)C=CC1=O. The fourth-order valence-corrected chi connectivity index (χ4v) is 1.64. The summed E-state index contributed by atoms with van der Waals surface area (Å²) in [6, 6.07) is 0. The summed E-state index contributed by atoms with van der Waals surface area (Å²) in [7, 11) is 0. The summed E-state index contributed by atoms with van der Waals surface area (Å²) in [5.41, 5.74) is 0. The average molecular weight is 253 g/mol. The summed E-state index contributed by atoms with van der Waals surface area (Å²) in [5, 5.41) is 0.816. The predicted molar refractivity (Wildman–Crippen MR) is 65.3 cm³/mol. The van der Waals surface area contributed by atoms with Crippen LogP contribution in [0.5, 0.6) is 0 Å². The Balaban J connectivity index is 2.21. The zero-order valence-electron chi connectivity index (χ0n) is 10.7. The molecule has 0 bridgehead atoms. The van der Waals surface area contributed by atoms with Crippen LogP contribution >= 0.6 is 0 Å². The molecule has 0 spiro atoms. The van der Waals surface area contributed by atoms with Crippen molar-refractivity contribution >= 4 is 17.7 Å². The molecule has 0 aliphatic carbocycles. The molecule has 0 aromatic rings. The highest BCUT2D eigenvalue weighted by Crippen LogP contribution is 2.08. The molecular weight excluding hydrogens is 234 g/mol. The quantitative estimate of drug-likeness (QED) is 0.649. The highest BCUT2D eigenvalue weighted by molar-refractivity contribution is 6.04. The molecule has 0 unspecified atom stereocenters. The van der Waals surface area contributed by atoms with Gasteiger partial charge in [-0.3, -0.25) is 9.59 Å². The van der Waals surface area contributed by atoms with Crippen molar-refractivity contribution in [2.75, 3.05) is 6.54 Å². The van der Waals surface area contributed by atoms with Gasteiger partial charge in [0.25, 0.3) is 5.91 Å². The third-order valence-electron chi connectivity index (χ3n) is 2.65. The van der Waals surface area contributed by atoms with E-state index in [-0.39, 0.29) is 18.7 Å². The van der Waals surface area contributed by atoms with Crippen LogP contribution in [0.2, 0.25) is 0 Å². The number of ketones is 1. The van der Waals surface area contributed by atoms with Crippen molar-refractivity contribution in [1.82, 2.24) is 5.06 Å². The molecule has 5 nitrogen and oxygen atoms in total. The molecule has 0 saturated heterocycles. The van der Waals surface area contributed by atoms with Crippen LogP contribution < -0.4 is 0 Å². The molecule has 0 saturated carbocycles. The highest BCUT2D eigenvalue weighted by atomic mass is 16.7. The van der Waals surface area contributed by atoms with Gasteiger partial charge in [0.05, 0.1) is 0 Å². The van der Waals surface area contributed by atoms with E-state index in [1.807, 2.05) is 0 Å². The molecule has 1 heterocycles. The van der Waals surface area contributed by atoms with Crippen molar-refractivity contribution < 1.29 is 19.2 Å². The molecular formula is C13H19NO4. The first-order chi connectivity index (χ1) is 8.63. The maximum atomic E-state index is 11.4. The first-order valence-corrected chi connectivity index (χ1v) is 6.36. The van der Waals surface area contributed by atoms with Crippen LogP contribution in [0.15, 0.2) is 12.2 Å². The Bertz CT molecular complexity index is 349. The predicted octanol–water partition coefficient (Wildman–Crippen LogP) is 1.77. The van der Waals surface area contributed by atoms with Crippen molar-refractivity contribution in [2.45, 2.75) is 45.4 Å². The lowest BCUT2D eigenvalue weighted by Gasteiger charge is -2.20. The smallest absolute Gasteiger partial charge is 0.332 e. The summed E-state index contributed by atoms with van der Waals surface area (Å²) >= 11 is 0. The van der Waals surface area contributed by atoms with E-state index in [0.717, 1.165) is 36.8 Å². The normalized spacial score (nSPS) is 15.1. The highest BCUT2D eigenvalue weighted by Gasteiger charge is 2.22. The Kier molecular flexibility index (Phi) is 6.11. The van der Waals surface area contributed by atoms with Gasteiger partial charge in [0.1, 0.15) is 6.54 Å². The number of amides is 1. The van der Waals surface area contributed by atoms with E-state index in [1.54, 1.807) is 0 Å². The number of nitrogens with zero attached hydrogens (tertiary/aromatic N) is 1. The number of rotatable bonds is 7. The molecule has 0 atom stereocenters. The van der Waals surface area contributed by atoms with E-state index in [9.17, 15) is 14.4 Å². The van der Waals surface area contributed by atoms with Gasteiger partial charge in [-0.15, -0.1) is 0 Å². The van der Waals surface area contributed by atoms with Crippen LogP contribution in [-0.2, 0) is 19.2 Å². The summed E-state index contributed by atoms with van der Waals surface area (Å²) in [5.74, 6) is -1.16. The van der Waals surface area contributed by atoms with E-state index >= 15 is 0 Å². The van der Waals surface area contributed by atoms with E-state index < -0.39 is 11.9 Å². The minimum atomic E-state index is -0.464. The second-order valence-electron chi connectivity index (χ2n) is 4.30. The van der Waals surface area contributed by atoms with Crippen LogP contribution in [0, 0.1) is 0 Å². The largest absolute Gasteiger partial charge is 0.337 e. The van der Waals surface area contributed by atoms with Gasteiger partial charge in [-0.1, -0.05) is 32.6 Å². The lowest BCUT2D eigenvalue weighted by Crippen LogP contribution is -2.38. The van der Waals surface area contributed by atoms with E-state index in [4.69, 9.17) is 4.84 Å². The topological polar surface area (TPSA) is 63.7 Å². The molecule has 0 fully saturated rings. The Morgan fingerprint density at radius 2 is 1.94 bits per heavy atom. The zero-order valence-corrected chi connectivity index (χ0v) is 10.7. The second kappa shape index (κ2) is 7.63. The van der Waals surface area contributed by atoms with Gasteiger partial charge in [-0.25, -0.2) is 4.79 Å². The Morgan fingerprint density at radius 3 is 2.67 bits per heavy atom. The number of hydrogen-bond acceptors (Lipinski definition) is 4. The summed E-state index contributed by atoms with van der Waals surface area (Å²) in [4.78, 5) is 38.7. The van der Waals surface area contributed by atoms with Crippen molar-refractivity contribution in [3.8, 4) is 0 Å². The van der Waals surface area contributed by atoms with Gasteiger partial charge >= 0.3 is 5.97 Å². The molecule has 0 aromatic heterocycles. The molecule has 18 heavy (non-hydrogen) atoms. The minimum Gasteiger partial charge on any atom is -0.337 e. The van der Waals surface area contributed by atoms with Crippen molar-refractivity contribution in [2.24, 2.45) is 0 Å². The van der Waals surface area contributed by atoms with Crippen molar-refractivity contribution in [3.05, 3.63) is 12.2 Å². The first-order valence-electron chi connectivity index (χ1n) is 6.36. The van der Waals surface area contributed by atoms with Crippen LogP contribution in [0.4, 0.5) is 0 Å². The summed E-state index contributed by atoms with van der Waals surface area (Å²) < 4.78 is 0. The van der Waals surface area contributed by atoms with Gasteiger partial charge < -0.3 is 4.84 Å². The molecule has 1 aliphatic heterocycles. The minimum absolute atomic E-state index is 0.184. The molecule has 100 valence electrons. The Morgan fingerprint density at radius 1 is 1.22 bits per heavy atom. The molecule has 1 rings (SSSR count). The van der Waals surface area contributed by atoms with Gasteiger partial charge in [-0.05, 0) is 12.5 Å². The third kappa shape index (κ3) is 5.12. The number of carbonyl (C=O) groups excluding carboxylic acids is 3. The standard InChI is InChI=1S/C13H19NO4/c1-2-3-4-5-6-7-13(17)18-14-10-11(15)8-9-12(14)16/h8-9H,2-7,10H2,1H3.